The zero-order chi connectivity index (χ0) is 14.6. The molecular formula is C14H16ClNO3S. The van der Waals surface area contributed by atoms with Crippen molar-refractivity contribution in [3.05, 3.63) is 29.3 Å². The van der Waals surface area contributed by atoms with E-state index in [0.29, 0.717) is 17.9 Å². The molecule has 0 radical (unpaired) electrons. The Balaban J connectivity index is 1.79. The summed E-state index contributed by atoms with van der Waals surface area (Å²) in [6, 6.07) is 7.32. The van der Waals surface area contributed by atoms with Gasteiger partial charge in [-0.3, -0.25) is 9.59 Å². The molecule has 0 aromatic heterocycles. The van der Waals surface area contributed by atoms with Gasteiger partial charge in [-0.1, -0.05) is 30.2 Å². The van der Waals surface area contributed by atoms with Crippen LogP contribution in [0.4, 0.5) is 0 Å². The molecule has 4 nitrogen and oxygen atoms in total. The molecule has 0 bridgehead atoms. The lowest BCUT2D eigenvalue weighted by Gasteiger charge is -2.37. The number of amides is 1. The first kappa shape index (κ1) is 15.2. The fraction of sp³-hybridized carbons (Fsp3) is 0.429. The monoisotopic (exact) mass is 313 g/mol. The number of halogens is 1. The van der Waals surface area contributed by atoms with Crippen LogP contribution in [0.25, 0.3) is 0 Å². The third-order valence-electron chi connectivity index (χ3n) is 3.58. The zero-order valence-electron chi connectivity index (χ0n) is 10.9. The number of nitrogens with one attached hydrogen (secondary N) is 1. The molecule has 1 aliphatic carbocycles. The minimum absolute atomic E-state index is 0.164. The molecule has 6 heteroatoms. The first-order valence-electron chi connectivity index (χ1n) is 6.41. The number of hydrogen-bond acceptors (Lipinski definition) is 3. The van der Waals surface area contributed by atoms with Gasteiger partial charge in [0.05, 0.1) is 16.2 Å². The normalized spacial score (nSPS) is 16.2. The largest absolute Gasteiger partial charge is 0.481 e. The van der Waals surface area contributed by atoms with E-state index in [1.54, 1.807) is 6.07 Å². The molecule has 1 saturated carbocycles. The molecule has 1 fully saturated rings. The summed E-state index contributed by atoms with van der Waals surface area (Å²) in [7, 11) is 0. The van der Waals surface area contributed by atoms with Gasteiger partial charge in [-0.05, 0) is 25.0 Å². The van der Waals surface area contributed by atoms with Gasteiger partial charge in [0, 0.05) is 11.4 Å². The summed E-state index contributed by atoms with van der Waals surface area (Å²) in [6.45, 7) is 0.213. The Labute approximate surface area is 126 Å². The smallest absolute Gasteiger partial charge is 0.311 e. The lowest BCUT2D eigenvalue weighted by atomic mass is 9.69. The molecular weight excluding hydrogens is 298 g/mol. The van der Waals surface area contributed by atoms with Crippen molar-refractivity contribution in [2.75, 3.05) is 12.3 Å². The van der Waals surface area contributed by atoms with Gasteiger partial charge in [-0.2, -0.15) is 0 Å². The van der Waals surface area contributed by atoms with Gasteiger partial charge < -0.3 is 10.4 Å². The van der Waals surface area contributed by atoms with Crippen molar-refractivity contribution in [3.8, 4) is 0 Å². The predicted octanol–water partition coefficient (Wildman–Crippen LogP) is 2.80. The van der Waals surface area contributed by atoms with E-state index < -0.39 is 11.4 Å². The predicted molar refractivity (Wildman–Crippen MR) is 79.1 cm³/mol. The Bertz CT molecular complexity index is 517. The Morgan fingerprint density at radius 1 is 1.35 bits per heavy atom. The summed E-state index contributed by atoms with van der Waals surface area (Å²) in [4.78, 5) is 23.8. The summed E-state index contributed by atoms with van der Waals surface area (Å²) in [5.41, 5.74) is -0.745. The Kier molecular flexibility index (Phi) is 4.94. The average molecular weight is 314 g/mol. The van der Waals surface area contributed by atoms with Gasteiger partial charge in [0.1, 0.15) is 0 Å². The van der Waals surface area contributed by atoms with E-state index in [1.165, 1.54) is 11.8 Å². The summed E-state index contributed by atoms with van der Waals surface area (Å²) >= 11 is 7.35. The molecule has 0 saturated heterocycles. The van der Waals surface area contributed by atoms with Crippen LogP contribution in [0.5, 0.6) is 0 Å². The van der Waals surface area contributed by atoms with Crippen LogP contribution in [-0.2, 0) is 9.59 Å². The van der Waals surface area contributed by atoms with Crippen molar-refractivity contribution < 1.29 is 14.7 Å². The number of carboxylic acids is 1. The molecule has 2 rings (SSSR count). The SMILES string of the molecule is O=C(CSc1ccccc1Cl)NCC1(C(=O)O)CCC1. The molecule has 0 heterocycles. The standard InChI is InChI=1S/C14H16ClNO3S/c15-10-4-1-2-5-11(10)20-8-12(17)16-9-14(13(18)19)6-3-7-14/h1-2,4-5H,3,6-9H2,(H,16,17)(H,18,19). The van der Waals surface area contributed by atoms with Crippen LogP contribution >= 0.6 is 23.4 Å². The number of benzene rings is 1. The van der Waals surface area contributed by atoms with Crippen molar-refractivity contribution in [2.24, 2.45) is 5.41 Å². The summed E-state index contributed by atoms with van der Waals surface area (Å²) in [5, 5.41) is 12.5. The minimum Gasteiger partial charge on any atom is -0.481 e. The molecule has 0 atom stereocenters. The molecule has 1 amide bonds. The molecule has 20 heavy (non-hydrogen) atoms. The highest BCUT2D eigenvalue weighted by molar-refractivity contribution is 8.00. The molecule has 0 aliphatic heterocycles. The fourth-order valence-corrected chi connectivity index (χ4v) is 3.16. The quantitative estimate of drug-likeness (QED) is 0.793. The van der Waals surface area contributed by atoms with E-state index in [-0.39, 0.29) is 18.2 Å². The lowest BCUT2D eigenvalue weighted by Crippen LogP contribution is -2.47. The summed E-state index contributed by atoms with van der Waals surface area (Å²) in [6.07, 6.45) is 2.19. The van der Waals surface area contributed by atoms with Crippen molar-refractivity contribution in [2.45, 2.75) is 24.2 Å². The number of thioether (sulfide) groups is 1. The number of carbonyl (C=O) groups is 2. The summed E-state index contributed by atoms with van der Waals surface area (Å²) < 4.78 is 0. The minimum atomic E-state index is -0.817. The van der Waals surface area contributed by atoms with Crippen LogP contribution in [0, 0.1) is 5.41 Å². The molecule has 108 valence electrons. The Morgan fingerprint density at radius 2 is 2.05 bits per heavy atom. The van der Waals surface area contributed by atoms with Crippen LogP contribution in [0.1, 0.15) is 19.3 Å². The second-order valence-corrected chi connectivity index (χ2v) is 6.36. The van der Waals surface area contributed by atoms with E-state index >= 15 is 0 Å². The first-order chi connectivity index (χ1) is 9.53. The number of carbonyl (C=O) groups excluding carboxylic acids is 1. The first-order valence-corrected chi connectivity index (χ1v) is 7.77. The van der Waals surface area contributed by atoms with Gasteiger partial charge in [0.2, 0.25) is 5.91 Å². The zero-order valence-corrected chi connectivity index (χ0v) is 12.5. The maximum Gasteiger partial charge on any atom is 0.311 e. The van der Waals surface area contributed by atoms with Gasteiger partial charge in [0.15, 0.2) is 0 Å². The molecule has 1 aromatic carbocycles. The molecule has 2 N–H and O–H groups in total. The molecule has 0 spiro atoms. The van der Waals surface area contributed by atoms with E-state index in [1.807, 2.05) is 18.2 Å². The van der Waals surface area contributed by atoms with Gasteiger partial charge in [0.25, 0.3) is 0 Å². The third kappa shape index (κ3) is 3.46. The van der Waals surface area contributed by atoms with E-state index in [4.69, 9.17) is 16.7 Å². The van der Waals surface area contributed by atoms with Crippen LogP contribution in [-0.4, -0.2) is 29.3 Å². The van der Waals surface area contributed by atoms with Crippen molar-refractivity contribution in [1.29, 1.82) is 0 Å². The number of carboxylic acid groups (broad SMARTS) is 1. The van der Waals surface area contributed by atoms with E-state index in [9.17, 15) is 9.59 Å². The third-order valence-corrected chi connectivity index (χ3v) is 5.10. The number of aliphatic carboxylic acids is 1. The maximum atomic E-state index is 11.8. The van der Waals surface area contributed by atoms with Crippen molar-refractivity contribution >= 4 is 35.2 Å². The molecule has 1 aliphatic rings. The Morgan fingerprint density at radius 3 is 2.60 bits per heavy atom. The second kappa shape index (κ2) is 6.50. The van der Waals surface area contributed by atoms with Crippen molar-refractivity contribution in [1.82, 2.24) is 5.32 Å². The highest BCUT2D eigenvalue weighted by Gasteiger charge is 2.44. The van der Waals surface area contributed by atoms with Crippen LogP contribution in [0.15, 0.2) is 29.2 Å². The highest BCUT2D eigenvalue weighted by Crippen LogP contribution is 2.40. The fourth-order valence-electron chi connectivity index (χ4n) is 2.09. The van der Waals surface area contributed by atoms with Crippen molar-refractivity contribution in [3.63, 3.8) is 0 Å². The molecule has 1 aromatic rings. The average Bonchev–Trinajstić information content (AvgIpc) is 2.36. The van der Waals surface area contributed by atoms with Gasteiger partial charge >= 0.3 is 5.97 Å². The van der Waals surface area contributed by atoms with E-state index in [0.717, 1.165) is 11.3 Å². The van der Waals surface area contributed by atoms with Crippen LogP contribution < -0.4 is 5.32 Å². The topological polar surface area (TPSA) is 66.4 Å². The van der Waals surface area contributed by atoms with Crippen LogP contribution in [0.3, 0.4) is 0 Å². The Hall–Kier alpha value is -1.20. The maximum absolute atomic E-state index is 11.8. The second-order valence-electron chi connectivity index (χ2n) is 4.93. The molecule has 0 unspecified atom stereocenters. The van der Waals surface area contributed by atoms with E-state index in [2.05, 4.69) is 5.32 Å². The number of hydrogen-bond donors (Lipinski definition) is 2. The van der Waals surface area contributed by atoms with Gasteiger partial charge in [-0.15, -0.1) is 11.8 Å². The lowest BCUT2D eigenvalue weighted by molar-refractivity contribution is -0.154. The highest BCUT2D eigenvalue weighted by atomic mass is 35.5. The van der Waals surface area contributed by atoms with Crippen LogP contribution in [0.2, 0.25) is 5.02 Å². The van der Waals surface area contributed by atoms with Gasteiger partial charge in [-0.25, -0.2) is 0 Å². The summed E-state index contributed by atoms with van der Waals surface area (Å²) in [5.74, 6) is -0.746. The number of rotatable bonds is 6.